The van der Waals surface area contributed by atoms with E-state index in [4.69, 9.17) is 5.11 Å². The lowest BCUT2D eigenvalue weighted by molar-refractivity contribution is 0.0947. The lowest BCUT2D eigenvalue weighted by Gasteiger charge is -2.36. The van der Waals surface area contributed by atoms with Crippen LogP contribution in [0.2, 0.25) is 0 Å². The maximum atomic E-state index is 14.6. The minimum atomic E-state index is -1.14. The number of aliphatic hydroxyl groups excluding tert-OH is 2. The van der Waals surface area contributed by atoms with Crippen molar-refractivity contribution in [3.63, 3.8) is 0 Å². The van der Waals surface area contributed by atoms with Gasteiger partial charge in [0.2, 0.25) is 0 Å². The van der Waals surface area contributed by atoms with Crippen molar-refractivity contribution in [2.24, 2.45) is 0 Å². The van der Waals surface area contributed by atoms with Gasteiger partial charge in [0.25, 0.3) is 0 Å². The number of thiazole rings is 1. The van der Waals surface area contributed by atoms with Crippen molar-refractivity contribution in [1.29, 1.82) is 0 Å². The molecule has 7 nitrogen and oxygen atoms in total. The van der Waals surface area contributed by atoms with Gasteiger partial charge in [0.15, 0.2) is 5.13 Å². The van der Waals surface area contributed by atoms with Gasteiger partial charge in [0, 0.05) is 38.7 Å². The van der Waals surface area contributed by atoms with Gasteiger partial charge in [-0.3, -0.25) is 5.32 Å². The number of fused-ring (bicyclic) bond motifs is 1. The highest BCUT2D eigenvalue weighted by Gasteiger charge is 2.25. The van der Waals surface area contributed by atoms with Crippen LogP contribution in [0.15, 0.2) is 30.3 Å². The van der Waals surface area contributed by atoms with Crippen LogP contribution >= 0.6 is 11.3 Å². The van der Waals surface area contributed by atoms with Crippen molar-refractivity contribution in [2.75, 3.05) is 43.0 Å². The Morgan fingerprint density at radius 3 is 2.64 bits per heavy atom. The first-order chi connectivity index (χ1) is 15.9. The Labute approximate surface area is 194 Å². The zero-order valence-electron chi connectivity index (χ0n) is 18.2. The van der Waals surface area contributed by atoms with Crippen LogP contribution in [0.1, 0.15) is 18.1 Å². The van der Waals surface area contributed by atoms with E-state index < -0.39 is 24.3 Å². The Morgan fingerprint density at radius 2 is 1.94 bits per heavy atom. The van der Waals surface area contributed by atoms with E-state index in [1.54, 1.807) is 9.80 Å². The van der Waals surface area contributed by atoms with E-state index in [9.17, 15) is 18.7 Å². The summed E-state index contributed by atoms with van der Waals surface area (Å²) in [4.78, 5) is 20.5. The Hall–Kier alpha value is -2.82. The molecule has 4 rings (SSSR count). The third kappa shape index (κ3) is 5.23. The molecule has 1 fully saturated rings. The van der Waals surface area contributed by atoms with Crippen LogP contribution in [0, 0.1) is 11.6 Å². The molecular weight excluding hydrogens is 450 g/mol. The van der Waals surface area contributed by atoms with Crippen LogP contribution in [0.25, 0.3) is 10.2 Å². The number of carbonyl (C=O) groups is 1. The lowest BCUT2D eigenvalue weighted by atomic mass is 10.1. The molecule has 1 unspecified atom stereocenters. The molecule has 1 atom stereocenters. The van der Waals surface area contributed by atoms with Crippen molar-refractivity contribution in [3.05, 3.63) is 53.1 Å². The SMILES string of the molecule is CCc1ccc2nc(NC(=O)N3CCN(c4cc(F)c(CC(O)CO)cc4F)CC3)sc2c1. The van der Waals surface area contributed by atoms with Crippen LogP contribution in [0.3, 0.4) is 0 Å². The summed E-state index contributed by atoms with van der Waals surface area (Å²) in [6, 6.07) is 7.93. The summed E-state index contributed by atoms with van der Waals surface area (Å²) in [5, 5.41) is 21.8. The number of aliphatic hydroxyl groups is 2. The van der Waals surface area contributed by atoms with Crippen LogP contribution in [-0.4, -0.2) is 65.0 Å². The first kappa shape index (κ1) is 23.3. The summed E-state index contributed by atoms with van der Waals surface area (Å²) in [5.41, 5.74) is 2.18. The van der Waals surface area contributed by atoms with Gasteiger partial charge in [0.1, 0.15) is 11.6 Å². The van der Waals surface area contributed by atoms with Crippen molar-refractivity contribution < 1.29 is 23.8 Å². The zero-order chi connectivity index (χ0) is 23.5. The quantitative estimate of drug-likeness (QED) is 0.508. The van der Waals surface area contributed by atoms with Gasteiger partial charge in [-0.05, 0) is 35.7 Å². The highest BCUT2D eigenvalue weighted by Crippen LogP contribution is 2.28. The van der Waals surface area contributed by atoms with E-state index >= 15 is 0 Å². The molecule has 2 amide bonds. The molecule has 2 aromatic carbocycles. The summed E-state index contributed by atoms with van der Waals surface area (Å²) in [6.07, 6.45) is -0.382. The molecule has 1 aliphatic heterocycles. The minimum absolute atomic E-state index is 0.0118. The Bertz CT molecular complexity index is 1150. The van der Waals surface area contributed by atoms with Gasteiger partial charge in [-0.1, -0.05) is 24.3 Å². The summed E-state index contributed by atoms with van der Waals surface area (Å²) < 4.78 is 30.0. The van der Waals surface area contributed by atoms with Gasteiger partial charge in [-0.15, -0.1) is 0 Å². The number of nitrogens with one attached hydrogen (secondary N) is 1. The third-order valence-electron chi connectivity index (χ3n) is 5.76. The molecule has 1 saturated heterocycles. The zero-order valence-corrected chi connectivity index (χ0v) is 19.0. The van der Waals surface area contributed by atoms with E-state index in [-0.39, 0.29) is 23.7 Å². The number of hydrogen-bond donors (Lipinski definition) is 3. The predicted molar refractivity (Wildman–Crippen MR) is 125 cm³/mol. The maximum Gasteiger partial charge on any atom is 0.323 e. The molecule has 0 saturated carbocycles. The number of aryl methyl sites for hydroxylation is 1. The molecule has 0 spiro atoms. The fourth-order valence-corrected chi connectivity index (χ4v) is 4.78. The number of rotatable bonds is 6. The molecule has 0 radical (unpaired) electrons. The number of anilines is 2. The summed E-state index contributed by atoms with van der Waals surface area (Å²) in [5.74, 6) is -1.24. The number of urea groups is 1. The molecule has 3 N–H and O–H groups in total. The molecular formula is C23H26F2N4O3S. The monoisotopic (exact) mass is 476 g/mol. The molecule has 1 aliphatic rings. The number of hydrogen-bond acceptors (Lipinski definition) is 6. The molecule has 10 heteroatoms. The number of nitrogens with zero attached hydrogens (tertiary/aromatic N) is 3. The van der Waals surface area contributed by atoms with E-state index in [0.717, 1.165) is 28.8 Å². The number of aromatic nitrogens is 1. The smallest absolute Gasteiger partial charge is 0.323 e. The second kappa shape index (κ2) is 9.98. The topological polar surface area (TPSA) is 88.9 Å². The van der Waals surface area contributed by atoms with Gasteiger partial charge in [-0.2, -0.15) is 0 Å². The fraction of sp³-hybridized carbons (Fsp3) is 0.391. The Kier molecular flexibility index (Phi) is 7.06. The van der Waals surface area contributed by atoms with Gasteiger partial charge >= 0.3 is 6.03 Å². The molecule has 33 heavy (non-hydrogen) atoms. The third-order valence-corrected chi connectivity index (χ3v) is 6.70. The number of halogens is 2. The second-order valence-electron chi connectivity index (χ2n) is 8.01. The summed E-state index contributed by atoms with van der Waals surface area (Å²) >= 11 is 1.42. The number of carbonyl (C=O) groups excluding carboxylic acids is 1. The average molecular weight is 477 g/mol. The molecule has 0 bridgehead atoms. The number of piperazine rings is 1. The van der Waals surface area contributed by atoms with E-state index in [1.165, 1.54) is 16.9 Å². The van der Waals surface area contributed by atoms with Crippen LogP contribution in [-0.2, 0) is 12.8 Å². The highest BCUT2D eigenvalue weighted by molar-refractivity contribution is 7.22. The maximum absolute atomic E-state index is 14.6. The second-order valence-corrected chi connectivity index (χ2v) is 9.05. The minimum Gasteiger partial charge on any atom is -0.394 e. The van der Waals surface area contributed by atoms with Crippen LogP contribution < -0.4 is 10.2 Å². The standard InChI is InChI=1S/C23H26F2N4O3S/c1-2-14-3-4-19-21(9-14)33-22(26-19)27-23(32)29-7-5-28(6-8-29)20-12-17(24)15(11-18(20)25)10-16(31)13-30/h3-4,9,11-12,16,30-31H,2,5-8,10,13H2,1H3,(H,26,27,32). The van der Waals surface area contributed by atoms with Crippen LogP contribution in [0.5, 0.6) is 0 Å². The van der Waals surface area contributed by atoms with E-state index in [2.05, 4.69) is 23.3 Å². The van der Waals surface area contributed by atoms with Gasteiger partial charge in [0.05, 0.1) is 28.6 Å². The van der Waals surface area contributed by atoms with Crippen molar-refractivity contribution >= 4 is 38.4 Å². The molecule has 2 heterocycles. The van der Waals surface area contributed by atoms with Crippen molar-refractivity contribution in [1.82, 2.24) is 9.88 Å². The summed E-state index contributed by atoms with van der Waals surface area (Å²) in [6.45, 7) is 2.96. The molecule has 3 aromatic rings. The van der Waals surface area contributed by atoms with Crippen molar-refractivity contribution in [2.45, 2.75) is 25.9 Å². The van der Waals surface area contributed by atoms with Gasteiger partial charge in [-0.25, -0.2) is 18.6 Å². The molecule has 0 aliphatic carbocycles. The Morgan fingerprint density at radius 1 is 1.18 bits per heavy atom. The first-order valence-electron chi connectivity index (χ1n) is 10.8. The number of amides is 2. The van der Waals surface area contributed by atoms with E-state index in [0.29, 0.717) is 31.3 Å². The molecule has 1 aromatic heterocycles. The van der Waals surface area contributed by atoms with E-state index in [1.807, 2.05) is 12.1 Å². The normalized spacial score (nSPS) is 15.2. The average Bonchev–Trinajstić information content (AvgIpc) is 3.22. The molecule has 176 valence electrons. The highest BCUT2D eigenvalue weighted by atomic mass is 32.1. The Balaban J connectivity index is 1.37. The predicted octanol–water partition coefficient (Wildman–Crippen LogP) is 3.39. The van der Waals surface area contributed by atoms with Crippen molar-refractivity contribution in [3.8, 4) is 0 Å². The first-order valence-corrected chi connectivity index (χ1v) is 11.7. The van der Waals surface area contributed by atoms with Crippen LogP contribution in [0.4, 0.5) is 24.4 Å². The summed E-state index contributed by atoms with van der Waals surface area (Å²) in [7, 11) is 0. The number of benzene rings is 2. The van der Waals surface area contributed by atoms with Gasteiger partial charge < -0.3 is 20.0 Å². The largest absolute Gasteiger partial charge is 0.394 e. The lowest BCUT2D eigenvalue weighted by Crippen LogP contribution is -2.50. The fourth-order valence-electron chi connectivity index (χ4n) is 3.86.